The second-order valence-corrected chi connectivity index (χ2v) is 10.2. The Bertz CT molecular complexity index is 1120. The van der Waals surface area contributed by atoms with Gasteiger partial charge in [-0.25, -0.2) is 0 Å². The van der Waals surface area contributed by atoms with Crippen LogP contribution in [0.25, 0.3) is 10.9 Å². The molecule has 0 radical (unpaired) electrons. The van der Waals surface area contributed by atoms with Crippen molar-refractivity contribution >= 4 is 26.8 Å². The molecule has 0 spiro atoms. The number of aromatic nitrogens is 1. The average Bonchev–Trinajstić information content (AvgIpc) is 3.14. The average molecular weight is 492 g/mol. The van der Waals surface area contributed by atoms with E-state index in [1.165, 1.54) is 6.92 Å². The first-order valence-electron chi connectivity index (χ1n) is 10.4. The Morgan fingerprint density at radius 2 is 1.81 bits per heavy atom. The SMILES string of the molecule is CC(C)(CC(C)(Cc1ccnc2ccccc12)C(F)(F)F)c1cc(Br)cc2c1OCC2. The summed E-state index contributed by atoms with van der Waals surface area (Å²) in [6.07, 6.45) is -2.18. The van der Waals surface area contributed by atoms with Crippen LogP contribution in [0.5, 0.6) is 5.75 Å². The first kappa shape index (κ1) is 22.1. The van der Waals surface area contributed by atoms with Gasteiger partial charge in [0.25, 0.3) is 0 Å². The molecule has 2 nitrogen and oxygen atoms in total. The van der Waals surface area contributed by atoms with Gasteiger partial charge >= 0.3 is 6.18 Å². The number of halogens is 4. The van der Waals surface area contributed by atoms with Crippen molar-refractivity contribution in [1.29, 1.82) is 0 Å². The molecule has 1 unspecified atom stereocenters. The van der Waals surface area contributed by atoms with E-state index in [2.05, 4.69) is 20.9 Å². The largest absolute Gasteiger partial charge is 0.493 e. The molecular formula is C25H25BrF3NO. The molecule has 1 aromatic heterocycles. The maximum Gasteiger partial charge on any atom is 0.394 e. The molecule has 4 rings (SSSR count). The van der Waals surface area contributed by atoms with Gasteiger partial charge in [0.2, 0.25) is 0 Å². The number of hydrogen-bond donors (Lipinski definition) is 0. The minimum absolute atomic E-state index is 0.0631. The lowest BCUT2D eigenvalue weighted by molar-refractivity contribution is -0.224. The fourth-order valence-electron chi connectivity index (χ4n) is 4.84. The smallest absolute Gasteiger partial charge is 0.394 e. The number of ether oxygens (including phenoxy) is 1. The van der Waals surface area contributed by atoms with Gasteiger partial charge in [-0.2, -0.15) is 13.2 Å². The molecule has 0 saturated carbocycles. The van der Waals surface area contributed by atoms with Gasteiger partial charge < -0.3 is 4.74 Å². The summed E-state index contributed by atoms with van der Waals surface area (Å²) in [5, 5.41) is 0.768. The van der Waals surface area contributed by atoms with Crippen LogP contribution >= 0.6 is 15.9 Å². The van der Waals surface area contributed by atoms with Gasteiger partial charge in [0, 0.05) is 28.0 Å². The molecule has 0 fully saturated rings. The number of pyridine rings is 1. The zero-order valence-corrected chi connectivity index (χ0v) is 19.4. The molecule has 2 heterocycles. The number of nitrogens with zero attached hydrogens (tertiary/aromatic N) is 1. The third-order valence-corrected chi connectivity index (χ3v) is 6.77. The maximum atomic E-state index is 14.5. The van der Waals surface area contributed by atoms with E-state index >= 15 is 0 Å². The first-order chi connectivity index (χ1) is 14.5. The third kappa shape index (κ3) is 4.19. The highest BCUT2D eigenvalue weighted by atomic mass is 79.9. The normalized spacial score (nSPS) is 16.1. The van der Waals surface area contributed by atoms with Crippen LogP contribution in [0.4, 0.5) is 13.2 Å². The standard InChI is InChI=1S/C25H25BrF3NO/c1-23(2,20-13-18(26)12-16-9-11-31-22(16)20)15-24(3,25(27,28)29)14-17-8-10-30-21-7-5-4-6-19(17)21/h4-8,10,12-13H,9,11,14-15H2,1-3H3. The lowest BCUT2D eigenvalue weighted by atomic mass is 9.67. The highest BCUT2D eigenvalue weighted by molar-refractivity contribution is 9.10. The zero-order chi connectivity index (χ0) is 22.4. The van der Waals surface area contributed by atoms with Crippen LogP contribution in [0.1, 0.15) is 43.9 Å². The van der Waals surface area contributed by atoms with Gasteiger partial charge in [-0.05, 0) is 53.6 Å². The second kappa shape index (κ2) is 7.80. The molecule has 2 aromatic carbocycles. The Kier molecular flexibility index (Phi) is 5.57. The Hall–Kier alpha value is -2.08. The van der Waals surface area contributed by atoms with E-state index in [0.717, 1.165) is 33.2 Å². The fourth-order valence-corrected chi connectivity index (χ4v) is 5.34. The van der Waals surface area contributed by atoms with Gasteiger partial charge in [0.1, 0.15) is 5.75 Å². The summed E-state index contributed by atoms with van der Waals surface area (Å²) < 4.78 is 50.3. The monoisotopic (exact) mass is 491 g/mol. The molecule has 0 aliphatic carbocycles. The number of hydrogen-bond acceptors (Lipinski definition) is 2. The van der Waals surface area contributed by atoms with Crippen LogP contribution in [0.15, 0.2) is 53.1 Å². The van der Waals surface area contributed by atoms with E-state index in [0.29, 0.717) is 17.7 Å². The van der Waals surface area contributed by atoms with E-state index < -0.39 is 17.0 Å². The maximum absolute atomic E-state index is 14.5. The minimum Gasteiger partial charge on any atom is -0.493 e. The number of fused-ring (bicyclic) bond motifs is 2. The molecule has 6 heteroatoms. The van der Waals surface area contributed by atoms with Gasteiger partial charge in [-0.15, -0.1) is 0 Å². The third-order valence-electron chi connectivity index (χ3n) is 6.31. The molecule has 31 heavy (non-hydrogen) atoms. The Balaban J connectivity index is 1.75. The van der Waals surface area contributed by atoms with E-state index in [-0.39, 0.29) is 12.8 Å². The van der Waals surface area contributed by atoms with E-state index in [1.54, 1.807) is 12.3 Å². The van der Waals surface area contributed by atoms with Crippen molar-refractivity contribution < 1.29 is 17.9 Å². The van der Waals surface area contributed by atoms with Crippen molar-refractivity contribution in [3.05, 3.63) is 69.8 Å². The molecule has 164 valence electrons. The Morgan fingerprint density at radius 3 is 2.55 bits per heavy atom. The zero-order valence-electron chi connectivity index (χ0n) is 17.8. The van der Waals surface area contributed by atoms with Crippen molar-refractivity contribution in [1.82, 2.24) is 4.98 Å². The van der Waals surface area contributed by atoms with Crippen molar-refractivity contribution in [3.8, 4) is 5.75 Å². The fraction of sp³-hybridized carbons (Fsp3) is 0.400. The second-order valence-electron chi connectivity index (χ2n) is 9.32. The summed E-state index contributed by atoms with van der Waals surface area (Å²) in [5.41, 5.74) is 0.578. The van der Waals surface area contributed by atoms with Crippen molar-refractivity contribution in [2.45, 2.75) is 51.6 Å². The molecule has 0 saturated heterocycles. The predicted octanol–water partition coefficient (Wildman–Crippen LogP) is 7.41. The molecule has 1 atom stereocenters. The van der Waals surface area contributed by atoms with E-state index in [9.17, 15) is 13.2 Å². The first-order valence-corrected chi connectivity index (χ1v) is 11.1. The number of benzene rings is 2. The summed E-state index contributed by atoms with van der Waals surface area (Å²) in [5.74, 6) is 0.743. The topological polar surface area (TPSA) is 22.1 Å². The quantitative estimate of drug-likeness (QED) is 0.370. The minimum atomic E-state index is -4.37. The van der Waals surface area contributed by atoms with Crippen LogP contribution in [-0.4, -0.2) is 17.8 Å². The van der Waals surface area contributed by atoms with Gasteiger partial charge in [0.05, 0.1) is 17.5 Å². The van der Waals surface area contributed by atoms with Crippen LogP contribution in [0.2, 0.25) is 0 Å². The Morgan fingerprint density at radius 1 is 1.06 bits per heavy atom. The van der Waals surface area contributed by atoms with Crippen molar-refractivity contribution in [2.24, 2.45) is 5.41 Å². The summed E-state index contributed by atoms with van der Waals surface area (Å²) in [6.45, 7) is 5.66. The van der Waals surface area contributed by atoms with Crippen molar-refractivity contribution in [2.75, 3.05) is 6.61 Å². The summed E-state index contributed by atoms with van der Waals surface area (Å²) in [4.78, 5) is 4.30. The molecule has 0 N–H and O–H groups in total. The lowest BCUT2D eigenvalue weighted by Gasteiger charge is -2.40. The highest BCUT2D eigenvalue weighted by Crippen LogP contribution is 2.51. The van der Waals surface area contributed by atoms with Crippen LogP contribution in [0.3, 0.4) is 0 Å². The highest BCUT2D eigenvalue weighted by Gasteiger charge is 2.53. The van der Waals surface area contributed by atoms with Crippen molar-refractivity contribution in [3.63, 3.8) is 0 Å². The van der Waals surface area contributed by atoms with E-state index in [1.807, 2.05) is 50.2 Å². The molecular weight excluding hydrogens is 467 g/mol. The summed E-state index contributed by atoms with van der Waals surface area (Å²) >= 11 is 3.52. The van der Waals surface area contributed by atoms with Crippen LogP contribution in [-0.2, 0) is 18.3 Å². The summed E-state index contributed by atoms with van der Waals surface area (Å²) in [7, 11) is 0. The molecule has 0 bridgehead atoms. The number of alkyl halides is 3. The number of rotatable bonds is 5. The van der Waals surface area contributed by atoms with Crippen LogP contribution in [0, 0.1) is 5.41 Å². The van der Waals surface area contributed by atoms with Crippen LogP contribution < -0.4 is 4.74 Å². The molecule has 3 aromatic rings. The van der Waals surface area contributed by atoms with Gasteiger partial charge in [0.15, 0.2) is 0 Å². The number of para-hydroxylation sites is 1. The summed E-state index contributed by atoms with van der Waals surface area (Å²) in [6, 6.07) is 13.0. The molecule has 1 aliphatic rings. The predicted molar refractivity (Wildman–Crippen MR) is 121 cm³/mol. The Labute approximate surface area is 189 Å². The molecule has 1 aliphatic heterocycles. The van der Waals surface area contributed by atoms with E-state index in [4.69, 9.17) is 4.74 Å². The van der Waals surface area contributed by atoms with Gasteiger partial charge in [-0.1, -0.05) is 54.9 Å². The van der Waals surface area contributed by atoms with Gasteiger partial charge in [-0.3, -0.25) is 4.98 Å². The molecule has 0 amide bonds. The lowest BCUT2D eigenvalue weighted by Crippen LogP contribution is -2.42.